The first-order valence-electron chi connectivity index (χ1n) is 9.03. The number of carbonyl (C=O) groups is 2. The van der Waals surface area contributed by atoms with Crippen molar-refractivity contribution >= 4 is 33.7 Å². The summed E-state index contributed by atoms with van der Waals surface area (Å²) in [7, 11) is 0. The fourth-order valence-electron chi connectivity index (χ4n) is 2.74. The minimum absolute atomic E-state index is 0.177. The number of rotatable bonds is 4. The monoisotopic (exact) mass is 433 g/mol. The number of hydrogen-bond acceptors (Lipinski definition) is 4. The first-order chi connectivity index (χ1) is 12.6. The van der Waals surface area contributed by atoms with Crippen LogP contribution < -0.4 is 5.32 Å². The van der Waals surface area contributed by atoms with Gasteiger partial charge in [0.2, 0.25) is 5.91 Å². The third-order valence-electron chi connectivity index (χ3n) is 4.29. The molecule has 1 N–H and O–H groups in total. The summed E-state index contributed by atoms with van der Waals surface area (Å²) in [4.78, 5) is 25.1. The van der Waals surface area contributed by atoms with Gasteiger partial charge in [-0.2, -0.15) is 4.68 Å². The third kappa shape index (κ3) is 4.97. The molecule has 1 aliphatic rings. The Labute approximate surface area is 167 Å². The lowest BCUT2D eigenvalue weighted by Crippen LogP contribution is -2.28. The molecule has 2 aromatic rings. The summed E-state index contributed by atoms with van der Waals surface area (Å²) < 4.78 is 7.64. The van der Waals surface area contributed by atoms with Crippen LogP contribution in [0.1, 0.15) is 63.6 Å². The Hall–Kier alpha value is -2.15. The maximum absolute atomic E-state index is 12.6. The number of nitrogens with one attached hydrogen (secondary N) is 1. The van der Waals surface area contributed by atoms with Gasteiger partial charge in [-0.3, -0.25) is 4.79 Å². The molecule has 0 bridgehead atoms. The van der Waals surface area contributed by atoms with Crippen LogP contribution in [0, 0.1) is 0 Å². The first kappa shape index (κ1) is 19.6. The average molecular weight is 434 g/mol. The fraction of sp³-hybridized carbons (Fsp3) is 0.450. The van der Waals surface area contributed by atoms with Gasteiger partial charge >= 0.3 is 6.09 Å². The van der Waals surface area contributed by atoms with Gasteiger partial charge < -0.3 is 10.1 Å². The van der Waals surface area contributed by atoms with Crippen LogP contribution in [0.15, 0.2) is 34.8 Å². The van der Waals surface area contributed by atoms with Crippen LogP contribution in [0.5, 0.6) is 0 Å². The number of amides is 1. The number of carbonyl (C=O) groups excluding carboxylic acids is 2. The Kier molecular flexibility index (Phi) is 5.42. The van der Waals surface area contributed by atoms with Crippen molar-refractivity contribution < 1.29 is 14.3 Å². The number of halogens is 1. The van der Waals surface area contributed by atoms with Crippen molar-refractivity contribution in [2.75, 3.05) is 5.32 Å². The Bertz CT molecular complexity index is 866. The van der Waals surface area contributed by atoms with E-state index < -0.39 is 11.7 Å². The van der Waals surface area contributed by atoms with Crippen molar-refractivity contribution in [3.8, 4) is 0 Å². The van der Waals surface area contributed by atoms with E-state index in [1.54, 1.807) is 6.07 Å². The highest BCUT2D eigenvalue weighted by molar-refractivity contribution is 9.10. The summed E-state index contributed by atoms with van der Waals surface area (Å²) in [6.07, 6.45) is 1.50. The third-order valence-corrected chi connectivity index (χ3v) is 4.79. The molecule has 1 aromatic carbocycles. The van der Waals surface area contributed by atoms with Crippen LogP contribution >= 0.6 is 15.9 Å². The Morgan fingerprint density at radius 1 is 1.30 bits per heavy atom. The van der Waals surface area contributed by atoms with E-state index in [2.05, 4.69) is 26.3 Å². The van der Waals surface area contributed by atoms with Crippen molar-refractivity contribution in [3.05, 3.63) is 46.1 Å². The lowest BCUT2D eigenvalue weighted by molar-refractivity contribution is -0.117. The second-order valence-corrected chi connectivity index (χ2v) is 8.80. The Morgan fingerprint density at radius 3 is 2.59 bits per heavy atom. The number of ether oxygens (including phenoxy) is 1. The minimum atomic E-state index is -0.609. The molecule has 1 atom stereocenters. The predicted molar refractivity (Wildman–Crippen MR) is 107 cm³/mol. The van der Waals surface area contributed by atoms with Crippen LogP contribution in [0.3, 0.4) is 0 Å². The SMILES string of the molecule is CC(C(=O)Nc1cc(C2CC2)n(C(=O)OC(C)(C)C)n1)c1cccc(Br)c1. The highest BCUT2D eigenvalue weighted by atomic mass is 79.9. The Morgan fingerprint density at radius 2 is 2.00 bits per heavy atom. The summed E-state index contributed by atoms with van der Waals surface area (Å²) in [5, 5.41) is 7.12. The largest absolute Gasteiger partial charge is 0.442 e. The topological polar surface area (TPSA) is 73.2 Å². The van der Waals surface area contributed by atoms with Crippen molar-refractivity contribution in [2.24, 2.45) is 0 Å². The number of aromatic nitrogens is 2. The van der Waals surface area contributed by atoms with Crippen LogP contribution in [0.25, 0.3) is 0 Å². The second kappa shape index (κ2) is 7.46. The molecule has 0 aliphatic heterocycles. The number of benzene rings is 1. The number of nitrogens with zero attached hydrogens (tertiary/aromatic N) is 2. The van der Waals surface area contributed by atoms with Gasteiger partial charge in [-0.05, 0) is 58.2 Å². The molecule has 27 heavy (non-hydrogen) atoms. The Balaban J connectivity index is 1.78. The molecule has 1 unspecified atom stereocenters. The van der Waals surface area contributed by atoms with E-state index in [0.717, 1.165) is 28.6 Å². The van der Waals surface area contributed by atoms with Crippen LogP contribution in [0.2, 0.25) is 0 Å². The zero-order chi connectivity index (χ0) is 19.8. The van der Waals surface area contributed by atoms with Gasteiger partial charge in [0.1, 0.15) is 5.60 Å². The number of hydrogen-bond donors (Lipinski definition) is 1. The van der Waals surface area contributed by atoms with Crippen molar-refractivity contribution in [1.82, 2.24) is 9.78 Å². The van der Waals surface area contributed by atoms with Gasteiger partial charge in [-0.25, -0.2) is 4.79 Å². The maximum atomic E-state index is 12.6. The quantitative estimate of drug-likeness (QED) is 0.731. The van der Waals surface area contributed by atoms with Gasteiger partial charge in [-0.15, -0.1) is 5.10 Å². The minimum Gasteiger partial charge on any atom is -0.442 e. The van der Waals surface area contributed by atoms with E-state index in [4.69, 9.17) is 4.74 Å². The van der Waals surface area contributed by atoms with Crippen LogP contribution in [-0.4, -0.2) is 27.4 Å². The molecular weight excluding hydrogens is 410 g/mol. The smallest absolute Gasteiger partial charge is 0.435 e. The molecule has 7 heteroatoms. The van der Waals surface area contributed by atoms with Crippen molar-refractivity contribution in [2.45, 2.75) is 58.0 Å². The van der Waals surface area contributed by atoms with E-state index in [1.165, 1.54) is 4.68 Å². The highest BCUT2D eigenvalue weighted by Gasteiger charge is 2.32. The first-order valence-corrected chi connectivity index (χ1v) is 9.83. The molecule has 1 saturated carbocycles. The lowest BCUT2D eigenvalue weighted by atomic mass is 10.0. The van der Waals surface area contributed by atoms with Gasteiger partial charge in [-0.1, -0.05) is 28.1 Å². The van der Waals surface area contributed by atoms with Crippen LogP contribution in [0.4, 0.5) is 10.6 Å². The highest BCUT2D eigenvalue weighted by Crippen LogP contribution is 2.41. The van der Waals surface area contributed by atoms with E-state index in [-0.39, 0.29) is 17.7 Å². The van der Waals surface area contributed by atoms with E-state index in [9.17, 15) is 9.59 Å². The molecule has 3 rings (SSSR count). The summed E-state index contributed by atoms with van der Waals surface area (Å²) in [6.45, 7) is 7.28. The van der Waals surface area contributed by atoms with E-state index >= 15 is 0 Å². The summed E-state index contributed by atoms with van der Waals surface area (Å²) in [5.74, 6) is 0.135. The summed E-state index contributed by atoms with van der Waals surface area (Å²) >= 11 is 3.42. The van der Waals surface area contributed by atoms with Gasteiger partial charge in [0.15, 0.2) is 5.82 Å². The summed E-state index contributed by atoms with van der Waals surface area (Å²) in [6, 6.07) is 9.40. The standard InChI is InChI=1S/C20H24BrN3O3/c1-12(14-6-5-7-15(21)10-14)18(25)22-17-11-16(13-8-9-13)24(23-17)19(26)27-20(2,3)4/h5-7,10-13H,8-9H2,1-4H3,(H,22,23,25). The average Bonchev–Trinajstić information content (AvgIpc) is 3.33. The molecule has 1 amide bonds. The zero-order valence-corrected chi connectivity index (χ0v) is 17.5. The molecule has 0 radical (unpaired) electrons. The second-order valence-electron chi connectivity index (χ2n) is 7.89. The molecular formula is C20H24BrN3O3. The predicted octanol–water partition coefficient (Wildman–Crippen LogP) is 5.05. The fourth-order valence-corrected chi connectivity index (χ4v) is 3.16. The molecule has 1 heterocycles. The van der Waals surface area contributed by atoms with E-state index in [1.807, 2.05) is 52.0 Å². The van der Waals surface area contributed by atoms with Gasteiger partial charge in [0, 0.05) is 16.5 Å². The maximum Gasteiger partial charge on any atom is 0.435 e. The van der Waals surface area contributed by atoms with E-state index in [0.29, 0.717) is 5.82 Å². The normalized spacial score (nSPS) is 15.3. The molecule has 144 valence electrons. The van der Waals surface area contributed by atoms with Gasteiger partial charge in [0.05, 0.1) is 11.6 Å². The lowest BCUT2D eigenvalue weighted by Gasteiger charge is -2.19. The van der Waals surface area contributed by atoms with Gasteiger partial charge in [0.25, 0.3) is 0 Å². The molecule has 1 fully saturated rings. The zero-order valence-electron chi connectivity index (χ0n) is 16.0. The number of anilines is 1. The van der Waals surface area contributed by atoms with Crippen molar-refractivity contribution in [3.63, 3.8) is 0 Å². The summed E-state index contributed by atoms with van der Waals surface area (Å²) in [5.41, 5.74) is 1.08. The molecule has 0 saturated heterocycles. The van der Waals surface area contributed by atoms with Crippen LogP contribution in [-0.2, 0) is 9.53 Å². The molecule has 1 aromatic heterocycles. The molecule has 0 spiro atoms. The molecule has 1 aliphatic carbocycles. The molecule has 6 nitrogen and oxygen atoms in total. The van der Waals surface area contributed by atoms with Crippen molar-refractivity contribution in [1.29, 1.82) is 0 Å².